The molecule has 3 rings (SSSR count). The average Bonchev–Trinajstić information content (AvgIpc) is 2.87. The first-order valence-electron chi connectivity index (χ1n) is 11.0. The van der Waals surface area contributed by atoms with Crippen LogP contribution in [0, 0.1) is 5.92 Å². The number of carbonyl (C=O) groups is 3. The topological polar surface area (TPSA) is 133 Å². The molecule has 1 atom stereocenters. The molecule has 0 heterocycles. The number of hydrazine groups is 1. The van der Waals surface area contributed by atoms with Gasteiger partial charge in [-0.15, -0.1) is 0 Å². The predicted molar refractivity (Wildman–Crippen MR) is 142 cm³/mol. The molecule has 0 saturated carbocycles. The Morgan fingerprint density at radius 1 is 0.784 bits per heavy atom. The molecule has 0 spiro atoms. The van der Waals surface area contributed by atoms with Gasteiger partial charge in [0.05, 0.1) is 26.2 Å². The first kappa shape index (κ1) is 28.0. The molecule has 37 heavy (non-hydrogen) atoms. The molecule has 1 unspecified atom stereocenters. The standard InChI is InChI=1S/C25H24Cl2N4O5S/c1-15(2)22(28-24(33)18-10-3-4-11-19(18)26)25(34)30-29-23(32)16-8-7-9-17(14-16)37(35,36)31-21-13-6-5-12-20(21)27/h3-15,22,31H,1-2H3,(H,28,33)(H,29,32)(H,30,34). The van der Waals surface area contributed by atoms with Crippen LogP contribution in [0.3, 0.4) is 0 Å². The van der Waals surface area contributed by atoms with E-state index in [0.717, 1.165) is 6.07 Å². The van der Waals surface area contributed by atoms with Crippen LogP contribution in [0.2, 0.25) is 10.0 Å². The number of hydrogen-bond donors (Lipinski definition) is 4. The number of rotatable bonds is 8. The second-order valence-corrected chi connectivity index (χ2v) is 10.7. The van der Waals surface area contributed by atoms with E-state index in [4.69, 9.17) is 23.2 Å². The van der Waals surface area contributed by atoms with Crippen LogP contribution < -0.4 is 20.9 Å². The highest BCUT2D eigenvalue weighted by atomic mass is 35.5. The van der Waals surface area contributed by atoms with Crippen molar-refractivity contribution in [1.29, 1.82) is 0 Å². The van der Waals surface area contributed by atoms with Crippen molar-refractivity contribution in [3.63, 3.8) is 0 Å². The summed E-state index contributed by atoms with van der Waals surface area (Å²) in [5.74, 6) is -2.31. The van der Waals surface area contributed by atoms with Gasteiger partial charge in [0, 0.05) is 5.56 Å². The van der Waals surface area contributed by atoms with Gasteiger partial charge in [-0.1, -0.05) is 67.4 Å². The molecule has 0 aliphatic carbocycles. The number of benzene rings is 3. The van der Waals surface area contributed by atoms with Gasteiger partial charge in [-0.2, -0.15) is 0 Å². The van der Waals surface area contributed by atoms with E-state index in [1.54, 1.807) is 44.2 Å². The Morgan fingerprint density at radius 2 is 1.43 bits per heavy atom. The SMILES string of the molecule is CC(C)C(NC(=O)c1ccccc1Cl)C(=O)NNC(=O)c1cccc(S(=O)(=O)Nc2ccccc2Cl)c1. The Morgan fingerprint density at radius 3 is 2.08 bits per heavy atom. The van der Waals surface area contributed by atoms with E-state index in [9.17, 15) is 22.8 Å². The Labute approximate surface area is 224 Å². The maximum absolute atomic E-state index is 12.8. The molecule has 3 aromatic rings. The normalized spacial score (nSPS) is 11.9. The smallest absolute Gasteiger partial charge is 0.269 e. The zero-order chi connectivity index (χ0) is 27.2. The van der Waals surface area contributed by atoms with Gasteiger partial charge in [0.1, 0.15) is 6.04 Å². The highest BCUT2D eigenvalue weighted by molar-refractivity contribution is 7.92. The molecule has 12 heteroatoms. The number of nitrogens with one attached hydrogen (secondary N) is 4. The highest BCUT2D eigenvalue weighted by Crippen LogP contribution is 2.24. The van der Waals surface area contributed by atoms with Crippen molar-refractivity contribution < 1.29 is 22.8 Å². The van der Waals surface area contributed by atoms with Crippen LogP contribution in [0.1, 0.15) is 34.6 Å². The van der Waals surface area contributed by atoms with Crippen LogP contribution in [-0.2, 0) is 14.8 Å². The average molecular weight is 563 g/mol. The molecular formula is C25H24Cl2N4O5S. The van der Waals surface area contributed by atoms with Crippen molar-refractivity contribution in [2.45, 2.75) is 24.8 Å². The second kappa shape index (κ2) is 12.1. The predicted octanol–water partition coefficient (Wildman–Crippen LogP) is 4.01. The fraction of sp³-hybridized carbons (Fsp3) is 0.160. The number of anilines is 1. The third-order valence-corrected chi connectivity index (χ3v) is 7.20. The van der Waals surface area contributed by atoms with Crippen molar-refractivity contribution >= 4 is 56.6 Å². The lowest BCUT2D eigenvalue weighted by atomic mass is 10.0. The summed E-state index contributed by atoms with van der Waals surface area (Å²) < 4.78 is 27.9. The summed E-state index contributed by atoms with van der Waals surface area (Å²) in [5.41, 5.74) is 4.88. The molecule has 194 valence electrons. The summed E-state index contributed by atoms with van der Waals surface area (Å²) in [5, 5.41) is 3.05. The van der Waals surface area contributed by atoms with E-state index in [-0.39, 0.29) is 37.7 Å². The highest BCUT2D eigenvalue weighted by Gasteiger charge is 2.26. The van der Waals surface area contributed by atoms with Gasteiger partial charge >= 0.3 is 0 Å². The van der Waals surface area contributed by atoms with Crippen molar-refractivity contribution in [3.8, 4) is 0 Å². The molecule has 0 aliphatic rings. The van der Waals surface area contributed by atoms with Crippen LogP contribution in [0.15, 0.2) is 77.7 Å². The van der Waals surface area contributed by atoms with Crippen LogP contribution >= 0.6 is 23.2 Å². The van der Waals surface area contributed by atoms with Gasteiger partial charge in [0.25, 0.3) is 27.7 Å². The monoisotopic (exact) mass is 562 g/mol. The zero-order valence-electron chi connectivity index (χ0n) is 19.8. The molecule has 0 fully saturated rings. The van der Waals surface area contributed by atoms with E-state index in [1.165, 1.54) is 36.4 Å². The minimum Gasteiger partial charge on any atom is -0.340 e. The van der Waals surface area contributed by atoms with Crippen LogP contribution in [0.25, 0.3) is 0 Å². The van der Waals surface area contributed by atoms with Gasteiger partial charge < -0.3 is 5.32 Å². The first-order valence-corrected chi connectivity index (χ1v) is 13.3. The molecule has 0 saturated heterocycles. The molecule has 0 aliphatic heterocycles. The molecule has 4 N–H and O–H groups in total. The lowest BCUT2D eigenvalue weighted by Gasteiger charge is -2.22. The molecule has 9 nitrogen and oxygen atoms in total. The molecule has 0 aromatic heterocycles. The molecule has 0 radical (unpaired) electrons. The Hall–Kier alpha value is -3.60. The van der Waals surface area contributed by atoms with Gasteiger partial charge in [-0.25, -0.2) is 8.42 Å². The molecular weight excluding hydrogens is 539 g/mol. The van der Waals surface area contributed by atoms with E-state index in [1.807, 2.05) is 0 Å². The number of hydrogen-bond acceptors (Lipinski definition) is 5. The molecule has 3 amide bonds. The van der Waals surface area contributed by atoms with Crippen molar-refractivity contribution in [2.75, 3.05) is 4.72 Å². The fourth-order valence-corrected chi connectivity index (χ4v) is 4.81. The number of amides is 3. The second-order valence-electron chi connectivity index (χ2n) is 8.23. The third-order valence-electron chi connectivity index (χ3n) is 5.18. The van der Waals surface area contributed by atoms with Crippen LogP contribution in [-0.4, -0.2) is 32.2 Å². The van der Waals surface area contributed by atoms with Gasteiger partial charge in [-0.3, -0.25) is 30.0 Å². The van der Waals surface area contributed by atoms with Gasteiger partial charge in [0.15, 0.2) is 0 Å². The third kappa shape index (κ3) is 7.22. The summed E-state index contributed by atoms with van der Waals surface area (Å²) in [6.07, 6.45) is 0. The summed E-state index contributed by atoms with van der Waals surface area (Å²) >= 11 is 12.1. The van der Waals surface area contributed by atoms with E-state index in [0.29, 0.717) is 0 Å². The fourth-order valence-electron chi connectivity index (χ4n) is 3.22. The number of sulfonamides is 1. The Bertz CT molecular complexity index is 1430. The summed E-state index contributed by atoms with van der Waals surface area (Å²) in [7, 11) is -4.05. The number of halogens is 2. The van der Waals surface area contributed by atoms with Crippen molar-refractivity contribution in [2.24, 2.45) is 5.92 Å². The van der Waals surface area contributed by atoms with Gasteiger partial charge in [-0.05, 0) is 48.4 Å². The summed E-state index contributed by atoms with van der Waals surface area (Å²) in [4.78, 5) is 37.8. The van der Waals surface area contributed by atoms with E-state index < -0.39 is 33.8 Å². The molecule has 3 aromatic carbocycles. The van der Waals surface area contributed by atoms with E-state index in [2.05, 4.69) is 20.9 Å². The lowest BCUT2D eigenvalue weighted by Crippen LogP contribution is -2.54. The molecule has 0 bridgehead atoms. The van der Waals surface area contributed by atoms with Gasteiger partial charge in [0.2, 0.25) is 0 Å². The van der Waals surface area contributed by atoms with Crippen LogP contribution in [0.5, 0.6) is 0 Å². The summed E-state index contributed by atoms with van der Waals surface area (Å²) in [6, 6.07) is 17.0. The first-order chi connectivity index (χ1) is 17.5. The quantitative estimate of drug-likeness (QED) is 0.308. The Kier molecular flexibility index (Phi) is 9.14. The Balaban J connectivity index is 1.67. The maximum atomic E-state index is 12.8. The van der Waals surface area contributed by atoms with Crippen molar-refractivity contribution in [1.82, 2.24) is 16.2 Å². The number of carbonyl (C=O) groups excluding carboxylic acids is 3. The minimum absolute atomic E-state index is 0.0245. The van der Waals surface area contributed by atoms with Crippen molar-refractivity contribution in [3.05, 3.63) is 94.0 Å². The maximum Gasteiger partial charge on any atom is 0.269 e. The largest absolute Gasteiger partial charge is 0.340 e. The number of para-hydroxylation sites is 1. The zero-order valence-corrected chi connectivity index (χ0v) is 22.1. The van der Waals surface area contributed by atoms with E-state index >= 15 is 0 Å². The minimum atomic E-state index is -4.05. The summed E-state index contributed by atoms with van der Waals surface area (Å²) in [6.45, 7) is 3.44. The van der Waals surface area contributed by atoms with Crippen LogP contribution in [0.4, 0.5) is 5.69 Å². The lowest BCUT2D eigenvalue weighted by molar-refractivity contribution is -0.124.